The molecule has 0 aliphatic carbocycles. The van der Waals surface area contributed by atoms with E-state index in [1.807, 2.05) is 24.3 Å². The molecule has 3 aromatic rings. The Morgan fingerprint density at radius 2 is 1.73 bits per heavy atom. The summed E-state index contributed by atoms with van der Waals surface area (Å²) in [6.45, 7) is 2.56. The van der Waals surface area contributed by atoms with Crippen LogP contribution in [0.4, 0.5) is 0 Å². The molecule has 3 rings (SSSR count). The Hall–Kier alpha value is -2.76. The highest BCUT2D eigenvalue weighted by Crippen LogP contribution is 2.35. The Bertz CT molecular complexity index is 765. The number of aromatic nitrogens is 3. The predicted molar refractivity (Wildman–Crippen MR) is 82.6 cm³/mol. The van der Waals surface area contributed by atoms with Crippen LogP contribution in [0.2, 0.25) is 0 Å². The molecule has 0 unspecified atom stereocenters. The third-order valence-corrected chi connectivity index (χ3v) is 3.31. The maximum atomic E-state index is 10.0. The van der Waals surface area contributed by atoms with Gasteiger partial charge in [0, 0.05) is 12.1 Å². The maximum Gasteiger partial charge on any atom is 0.163 e. The maximum absolute atomic E-state index is 10.0. The average Bonchev–Trinajstić information content (AvgIpc) is 2.93. The fourth-order valence-corrected chi connectivity index (χ4v) is 2.12. The minimum atomic E-state index is -0.111. The number of phenolic OH excluding ortho intramolecular Hbond substituents is 2. The number of nitrogens with zero attached hydrogens (tertiary/aromatic N) is 3. The first kappa shape index (κ1) is 14.2. The molecular weight excluding hydrogens is 282 g/mol. The van der Waals surface area contributed by atoms with Gasteiger partial charge in [-0.1, -0.05) is 25.5 Å². The molecule has 0 aliphatic rings. The highest BCUT2D eigenvalue weighted by molar-refractivity contribution is 5.73. The normalized spacial score (nSPS) is 11.0. The van der Waals surface area contributed by atoms with Gasteiger partial charge in [-0.25, -0.2) is 0 Å². The first-order valence-electron chi connectivity index (χ1n) is 7.20. The molecule has 114 valence electrons. The average molecular weight is 299 g/mol. The van der Waals surface area contributed by atoms with Gasteiger partial charge in [-0.05, 0) is 18.6 Å². The van der Waals surface area contributed by atoms with Gasteiger partial charge in [-0.2, -0.15) is 0 Å². The quantitative estimate of drug-likeness (QED) is 0.708. The van der Waals surface area contributed by atoms with E-state index < -0.39 is 0 Å². The van der Waals surface area contributed by atoms with E-state index in [4.69, 9.17) is 4.74 Å². The lowest BCUT2D eigenvalue weighted by Crippen LogP contribution is -2.02. The van der Waals surface area contributed by atoms with Crippen molar-refractivity contribution < 1.29 is 14.9 Å². The molecule has 2 aromatic carbocycles. The Labute approximate surface area is 127 Å². The number of ether oxygens (including phenoxy) is 1. The van der Waals surface area contributed by atoms with Gasteiger partial charge < -0.3 is 14.9 Å². The van der Waals surface area contributed by atoms with Crippen molar-refractivity contribution in [2.75, 3.05) is 6.61 Å². The van der Waals surface area contributed by atoms with Crippen molar-refractivity contribution >= 4 is 11.0 Å². The molecule has 1 heterocycles. The van der Waals surface area contributed by atoms with Gasteiger partial charge in [-0.15, -0.1) is 15.0 Å². The topological polar surface area (TPSA) is 80.4 Å². The second-order valence-electron chi connectivity index (χ2n) is 4.99. The van der Waals surface area contributed by atoms with Gasteiger partial charge in [-0.3, -0.25) is 0 Å². The third kappa shape index (κ3) is 2.67. The lowest BCUT2D eigenvalue weighted by molar-refractivity contribution is 0.291. The summed E-state index contributed by atoms with van der Waals surface area (Å²) in [6.07, 6.45) is 1.89. The number of hydrogen-bond donors (Lipinski definition) is 2. The number of unbranched alkanes of at least 4 members (excludes halogenated alkanes) is 1. The fraction of sp³-hybridized carbons (Fsp3) is 0.250. The van der Waals surface area contributed by atoms with E-state index in [0.29, 0.717) is 18.0 Å². The van der Waals surface area contributed by atoms with Crippen LogP contribution in [-0.4, -0.2) is 31.8 Å². The van der Waals surface area contributed by atoms with E-state index in [1.54, 1.807) is 6.07 Å². The molecule has 22 heavy (non-hydrogen) atoms. The van der Waals surface area contributed by atoms with Crippen LogP contribution >= 0.6 is 0 Å². The van der Waals surface area contributed by atoms with Crippen LogP contribution in [0.3, 0.4) is 0 Å². The lowest BCUT2D eigenvalue weighted by Gasteiger charge is -2.10. The van der Waals surface area contributed by atoms with Crippen molar-refractivity contribution in [3.8, 4) is 22.9 Å². The molecule has 0 saturated heterocycles. The number of benzene rings is 2. The Morgan fingerprint density at radius 3 is 2.36 bits per heavy atom. The molecule has 0 aliphatic heterocycles. The second-order valence-corrected chi connectivity index (χ2v) is 4.99. The first-order valence-corrected chi connectivity index (χ1v) is 7.20. The van der Waals surface area contributed by atoms with E-state index in [-0.39, 0.29) is 11.5 Å². The first-order chi connectivity index (χ1) is 10.7. The van der Waals surface area contributed by atoms with Gasteiger partial charge >= 0.3 is 0 Å². The molecule has 6 heteroatoms. The number of rotatable bonds is 5. The molecule has 0 radical (unpaired) electrons. The molecule has 0 bridgehead atoms. The van der Waals surface area contributed by atoms with Crippen LogP contribution in [0.25, 0.3) is 16.7 Å². The van der Waals surface area contributed by atoms with Crippen LogP contribution < -0.4 is 4.74 Å². The van der Waals surface area contributed by atoms with Gasteiger partial charge in [0.15, 0.2) is 11.5 Å². The standard InChI is InChI=1S/C16H17N3O3/c1-2-3-8-22-16-9-13(14(20)10-15(16)21)19-17-11-6-4-5-7-12(11)18-19/h4-7,9-10,20-21H,2-3,8H2,1H3. The summed E-state index contributed by atoms with van der Waals surface area (Å²) in [5, 5.41) is 28.6. The highest BCUT2D eigenvalue weighted by Gasteiger charge is 2.14. The molecule has 0 spiro atoms. The van der Waals surface area contributed by atoms with E-state index in [9.17, 15) is 10.2 Å². The van der Waals surface area contributed by atoms with Crippen LogP contribution in [0.15, 0.2) is 36.4 Å². The number of fused-ring (bicyclic) bond motifs is 1. The van der Waals surface area contributed by atoms with Crippen LogP contribution in [-0.2, 0) is 0 Å². The second kappa shape index (κ2) is 5.93. The zero-order valence-electron chi connectivity index (χ0n) is 12.2. The van der Waals surface area contributed by atoms with Crippen LogP contribution in [0.1, 0.15) is 19.8 Å². The SMILES string of the molecule is CCCCOc1cc(-n2nc3ccccc3n2)c(O)cc1O. The van der Waals surface area contributed by atoms with E-state index in [1.165, 1.54) is 10.9 Å². The Morgan fingerprint density at radius 1 is 1.05 bits per heavy atom. The summed E-state index contributed by atoms with van der Waals surface area (Å²) < 4.78 is 5.54. The molecule has 1 aromatic heterocycles. The Kier molecular flexibility index (Phi) is 3.82. The summed E-state index contributed by atoms with van der Waals surface area (Å²) in [5.41, 5.74) is 1.81. The van der Waals surface area contributed by atoms with Crippen molar-refractivity contribution in [3.63, 3.8) is 0 Å². The van der Waals surface area contributed by atoms with Crippen LogP contribution in [0, 0.1) is 0 Å². The molecule has 0 atom stereocenters. The zero-order valence-corrected chi connectivity index (χ0v) is 12.2. The van der Waals surface area contributed by atoms with E-state index >= 15 is 0 Å². The number of aromatic hydroxyl groups is 2. The van der Waals surface area contributed by atoms with Crippen molar-refractivity contribution in [2.24, 2.45) is 0 Å². The van der Waals surface area contributed by atoms with E-state index in [0.717, 1.165) is 23.9 Å². The minimum Gasteiger partial charge on any atom is -0.505 e. The summed E-state index contributed by atoms with van der Waals surface area (Å²) in [4.78, 5) is 1.34. The molecule has 6 nitrogen and oxygen atoms in total. The van der Waals surface area contributed by atoms with Gasteiger partial charge in [0.25, 0.3) is 0 Å². The van der Waals surface area contributed by atoms with Crippen molar-refractivity contribution in [3.05, 3.63) is 36.4 Å². The minimum absolute atomic E-state index is 0.103. The fourth-order valence-electron chi connectivity index (χ4n) is 2.12. The molecule has 0 saturated carbocycles. The largest absolute Gasteiger partial charge is 0.505 e. The lowest BCUT2D eigenvalue weighted by atomic mass is 10.2. The predicted octanol–water partition coefficient (Wildman–Crippen LogP) is 3.01. The van der Waals surface area contributed by atoms with Crippen molar-refractivity contribution in [2.45, 2.75) is 19.8 Å². The molecular formula is C16H17N3O3. The number of hydrogen-bond acceptors (Lipinski definition) is 5. The highest BCUT2D eigenvalue weighted by atomic mass is 16.5. The van der Waals surface area contributed by atoms with Gasteiger partial charge in [0.2, 0.25) is 0 Å². The third-order valence-electron chi connectivity index (χ3n) is 3.31. The van der Waals surface area contributed by atoms with Crippen molar-refractivity contribution in [1.82, 2.24) is 15.0 Å². The van der Waals surface area contributed by atoms with Gasteiger partial charge in [0.1, 0.15) is 22.5 Å². The molecule has 0 amide bonds. The monoisotopic (exact) mass is 299 g/mol. The summed E-state index contributed by atoms with van der Waals surface area (Å²) in [7, 11) is 0. The van der Waals surface area contributed by atoms with E-state index in [2.05, 4.69) is 17.1 Å². The van der Waals surface area contributed by atoms with Crippen molar-refractivity contribution in [1.29, 1.82) is 0 Å². The van der Waals surface area contributed by atoms with Crippen LogP contribution in [0.5, 0.6) is 17.2 Å². The summed E-state index contributed by atoms with van der Waals surface area (Å²) >= 11 is 0. The zero-order chi connectivity index (χ0) is 15.5. The molecule has 2 N–H and O–H groups in total. The smallest absolute Gasteiger partial charge is 0.163 e. The molecule has 0 fully saturated rings. The number of phenols is 2. The Balaban J connectivity index is 2.00. The summed E-state index contributed by atoms with van der Waals surface area (Å²) in [5.74, 6) is 0.0947. The van der Waals surface area contributed by atoms with Gasteiger partial charge in [0.05, 0.1) is 6.61 Å². The summed E-state index contributed by atoms with van der Waals surface area (Å²) in [6, 6.07) is 10.2.